The van der Waals surface area contributed by atoms with Gasteiger partial charge in [0.2, 0.25) is 10.0 Å². The Morgan fingerprint density at radius 3 is 2.48 bits per heavy atom. The number of rotatable bonds is 9. The van der Waals surface area contributed by atoms with E-state index in [9.17, 15) is 13.5 Å². The van der Waals surface area contributed by atoms with Gasteiger partial charge in [0, 0.05) is 12.3 Å². The number of ether oxygens (including phenoxy) is 1. The van der Waals surface area contributed by atoms with Crippen LogP contribution < -0.4 is 9.46 Å². The highest BCUT2D eigenvalue weighted by Crippen LogP contribution is 2.17. The maximum atomic E-state index is 12.1. The molecular formula is C14H23NO4S2. The van der Waals surface area contributed by atoms with E-state index in [4.69, 9.17) is 4.74 Å². The first-order valence-electron chi connectivity index (χ1n) is 6.74. The van der Waals surface area contributed by atoms with Gasteiger partial charge in [-0.1, -0.05) is 6.92 Å². The molecule has 1 unspecified atom stereocenters. The Labute approximate surface area is 131 Å². The summed E-state index contributed by atoms with van der Waals surface area (Å²) < 4.78 is 32.1. The quantitative estimate of drug-likeness (QED) is 0.721. The van der Waals surface area contributed by atoms with E-state index in [0.717, 1.165) is 6.42 Å². The molecule has 1 rings (SSSR count). The summed E-state index contributed by atoms with van der Waals surface area (Å²) in [5.41, 5.74) is -1.07. The van der Waals surface area contributed by atoms with Gasteiger partial charge in [-0.2, -0.15) is 11.8 Å². The van der Waals surface area contributed by atoms with E-state index in [2.05, 4.69) is 4.72 Å². The molecule has 0 radical (unpaired) electrons. The molecule has 0 spiro atoms. The van der Waals surface area contributed by atoms with Crippen LogP contribution in [-0.2, 0) is 10.0 Å². The highest BCUT2D eigenvalue weighted by molar-refractivity contribution is 7.98. The standard InChI is InChI=1S/C14H23NO4S2/c1-4-9-19-12-5-7-13(8-6-12)21(17,18)15-10-14(2,16)11-20-3/h5-8,15-16H,4,9-11H2,1-3H3. The molecule has 1 atom stereocenters. The van der Waals surface area contributed by atoms with Crippen LogP contribution in [0.5, 0.6) is 5.75 Å². The average molecular weight is 333 g/mol. The van der Waals surface area contributed by atoms with Crippen molar-refractivity contribution < 1.29 is 18.3 Å². The van der Waals surface area contributed by atoms with Crippen molar-refractivity contribution in [2.24, 2.45) is 0 Å². The Kier molecular flexibility index (Phi) is 6.99. The van der Waals surface area contributed by atoms with Crippen molar-refractivity contribution in [2.75, 3.05) is 25.2 Å². The fraction of sp³-hybridized carbons (Fsp3) is 0.571. The second kappa shape index (κ2) is 8.03. The van der Waals surface area contributed by atoms with Crippen molar-refractivity contribution in [1.82, 2.24) is 4.72 Å². The number of hydrogen-bond donors (Lipinski definition) is 2. The second-order valence-electron chi connectivity index (χ2n) is 5.07. The molecule has 0 saturated heterocycles. The molecule has 0 heterocycles. The summed E-state index contributed by atoms with van der Waals surface area (Å²) in [6.45, 7) is 4.18. The van der Waals surface area contributed by atoms with Crippen LogP contribution >= 0.6 is 11.8 Å². The highest BCUT2D eigenvalue weighted by atomic mass is 32.2. The fourth-order valence-corrected chi connectivity index (χ4v) is 3.52. The number of thioether (sulfide) groups is 1. The second-order valence-corrected chi connectivity index (χ2v) is 7.71. The zero-order valence-electron chi connectivity index (χ0n) is 12.6. The Bertz CT molecular complexity index is 526. The number of benzene rings is 1. The average Bonchev–Trinajstić information content (AvgIpc) is 2.44. The van der Waals surface area contributed by atoms with Gasteiger partial charge in [-0.3, -0.25) is 0 Å². The van der Waals surface area contributed by atoms with Gasteiger partial charge in [0.15, 0.2) is 0 Å². The largest absolute Gasteiger partial charge is 0.494 e. The van der Waals surface area contributed by atoms with Gasteiger partial charge in [-0.15, -0.1) is 0 Å². The topological polar surface area (TPSA) is 75.6 Å². The van der Waals surface area contributed by atoms with Crippen LogP contribution in [0.1, 0.15) is 20.3 Å². The molecule has 0 aliphatic rings. The first kappa shape index (κ1) is 18.3. The molecular weight excluding hydrogens is 310 g/mol. The molecule has 0 saturated carbocycles. The third-order valence-electron chi connectivity index (χ3n) is 2.71. The predicted octanol–water partition coefficient (Wildman–Crippen LogP) is 1.87. The molecule has 0 aliphatic carbocycles. The first-order chi connectivity index (χ1) is 9.80. The number of aliphatic hydroxyl groups is 1. The number of nitrogens with one attached hydrogen (secondary N) is 1. The number of hydrogen-bond acceptors (Lipinski definition) is 5. The first-order valence-corrected chi connectivity index (χ1v) is 9.62. The van der Waals surface area contributed by atoms with Gasteiger partial charge < -0.3 is 9.84 Å². The van der Waals surface area contributed by atoms with Gasteiger partial charge in [0.05, 0.1) is 17.1 Å². The molecule has 2 N–H and O–H groups in total. The maximum absolute atomic E-state index is 12.1. The summed E-state index contributed by atoms with van der Waals surface area (Å²) in [4.78, 5) is 0.159. The zero-order valence-corrected chi connectivity index (χ0v) is 14.3. The van der Waals surface area contributed by atoms with E-state index in [1.807, 2.05) is 13.2 Å². The van der Waals surface area contributed by atoms with Crippen molar-refractivity contribution in [1.29, 1.82) is 0 Å². The van der Waals surface area contributed by atoms with E-state index in [0.29, 0.717) is 18.1 Å². The lowest BCUT2D eigenvalue weighted by molar-refractivity contribution is 0.0908. The van der Waals surface area contributed by atoms with E-state index in [-0.39, 0.29) is 11.4 Å². The summed E-state index contributed by atoms with van der Waals surface area (Å²) in [6, 6.07) is 6.25. The molecule has 0 aromatic heterocycles. The molecule has 0 aliphatic heterocycles. The molecule has 0 amide bonds. The fourth-order valence-electron chi connectivity index (χ4n) is 1.63. The van der Waals surface area contributed by atoms with E-state index in [1.165, 1.54) is 23.9 Å². The third kappa shape index (κ3) is 6.25. The molecule has 1 aromatic carbocycles. The summed E-state index contributed by atoms with van der Waals surface area (Å²) in [5.74, 6) is 1.10. The predicted molar refractivity (Wildman–Crippen MR) is 86.4 cm³/mol. The molecule has 0 bridgehead atoms. The van der Waals surface area contributed by atoms with Crippen LogP contribution in [0.25, 0.3) is 0 Å². The van der Waals surface area contributed by atoms with Gasteiger partial charge >= 0.3 is 0 Å². The van der Waals surface area contributed by atoms with Crippen LogP contribution in [0.2, 0.25) is 0 Å². The van der Waals surface area contributed by atoms with Crippen LogP contribution in [0.15, 0.2) is 29.2 Å². The van der Waals surface area contributed by atoms with Crippen LogP contribution in [0, 0.1) is 0 Å². The minimum Gasteiger partial charge on any atom is -0.494 e. The molecule has 120 valence electrons. The lowest BCUT2D eigenvalue weighted by Gasteiger charge is -2.22. The van der Waals surface area contributed by atoms with E-state index >= 15 is 0 Å². The molecule has 21 heavy (non-hydrogen) atoms. The van der Waals surface area contributed by atoms with Crippen molar-refractivity contribution in [3.63, 3.8) is 0 Å². The SMILES string of the molecule is CCCOc1ccc(S(=O)(=O)NCC(C)(O)CSC)cc1. The van der Waals surface area contributed by atoms with Crippen molar-refractivity contribution in [3.05, 3.63) is 24.3 Å². The van der Waals surface area contributed by atoms with Crippen LogP contribution in [-0.4, -0.2) is 44.3 Å². The third-order valence-corrected chi connectivity index (χ3v) is 5.03. The van der Waals surface area contributed by atoms with Gasteiger partial charge in [-0.05, 0) is 43.9 Å². The minimum absolute atomic E-state index is 0.0236. The van der Waals surface area contributed by atoms with Crippen LogP contribution in [0.4, 0.5) is 0 Å². The smallest absolute Gasteiger partial charge is 0.240 e. The Hall–Kier alpha value is -0.760. The van der Waals surface area contributed by atoms with Crippen molar-refractivity contribution in [3.8, 4) is 5.75 Å². The zero-order chi connectivity index (χ0) is 15.9. The van der Waals surface area contributed by atoms with E-state index < -0.39 is 15.6 Å². The lowest BCUT2D eigenvalue weighted by atomic mass is 10.1. The summed E-state index contributed by atoms with van der Waals surface area (Å²) in [7, 11) is -3.62. The van der Waals surface area contributed by atoms with Gasteiger partial charge in [0.1, 0.15) is 5.75 Å². The maximum Gasteiger partial charge on any atom is 0.240 e. The van der Waals surface area contributed by atoms with Crippen LogP contribution in [0.3, 0.4) is 0 Å². The monoisotopic (exact) mass is 333 g/mol. The minimum atomic E-state index is -3.62. The molecule has 0 fully saturated rings. The van der Waals surface area contributed by atoms with E-state index in [1.54, 1.807) is 19.1 Å². The normalized spacial score (nSPS) is 14.7. The van der Waals surface area contributed by atoms with Crippen molar-refractivity contribution >= 4 is 21.8 Å². The molecule has 1 aromatic rings. The summed E-state index contributed by atoms with van der Waals surface area (Å²) in [6.07, 6.45) is 2.75. The molecule has 7 heteroatoms. The van der Waals surface area contributed by atoms with Crippen molar-refractivity contribution in [2.45, 2.75) is 30.8 Å². The number of sulfonamides is 1. The molecule has 5 nitrogen and oxygen atoms in total. The summed E-state index contributed by atoms with van der Waals surface area (Å²) >= 11 is 1.46. The Balaban J connectivity index is 2.70. The Morgan fingerprint density at radius 1 is 1.33 bits per heavy atom. The Morgan fingerprint density at radius 2 is 1.95 bits per heavy atom. The highest BCUT2D eigenvalue weighted by Gasteiger charge is 2.23. The van der Waals surface area contributed by atoms with Gasteiger partial charge in [0.25, 0.3) is 0 Å². The van der Waals surface area contributed by atoms with Gasteiger partial charge in [-0.25, -0.2) is 13.1 Å². The lowest BCUT2D eigenvalue weighted by Crippen LogP contribution is -2.42. The summed E-state index contributed by atoms with van der Waals surface area (Å²) in [5, 5.41) is 10.00.